The zero-order valence-electron chi connectivity index (χ0n) is 17.9. The molecule has 0 atom stereocenters. The highest BCUT2D eigenvalue weighted by molar-refractivity contribution is 6.40. The summed E-state index contributed by atoms with van der Waals surface area (Å²) in [7, 11) is 4.66. The number of hydrogen-bond donors (Lipinski definition) is 0. The average Bonchev–Trinajstić information content (AvgIpc) is 3.04. The van der Waals surface area contributed by atoms with Crippen molar-refractivity contribution in [2.24, 2.45) is 5.41 Å². The van der Waals surface area contributed by atoms with Gasteiger partial charge in [-0.1, -0.05) is 86.1 Å². The Morgan fingerprint density at radius 1 is 0.724 bits per heavy atom. The van der Waals surface area contributed by atoms with Crippen LogP contribution in [0.3, 0.4) is 0 Å². The molecule has 1 heterocycles. The third kappa shape index (κ3) is 2.60. The van der Waals surface area contributed by atoms with Crippen molar-refractivity contribution in [2.75, 3.05) is 0 Å². The fourth-order valence-electron chi connectivity index (χ4n) is 4.43. The minimum absolute atomic E-state index is 0.0466. The normalized spacial score (nSPS) is 12.9. The summed E-state index contributed by atoms with van der Waals surface area (Å²) in [4.78, 5) is 4.82. The minimum atomic E-state index is 0.0466. The summed E-state index contributed by atoms with van der Waals surface area (Å²) in [6.07, 6.45) is 1.97. The van der Waals surface area contributed by atoms with Crippen LogP contribution in [0.2, 0.25) is 0 Å². The van der Waals surface area contributed by atoms with Crippen molar-refractivity contribution in [3.8, 4) is 33.5 Å². The number of aromatic nitrogens is 1. The van der Waals surface area contributed by atoms with E-state index < -0.39 is 0 Å². The maximum Gasteiger partial charge on any atom is 0.105 e. The second kappa shape index (κ2) is 6.10. The van der Waals surface area contributed by atoms with Gasteiger partial charge in [0.05, 0.1) is 5.69 Å². The van der Waals surface area contributed by atoms with Crippen LogP contribution in [-0.2, 0) is 5.21 Å². The quantitative estimate of drug-likeness (QED) is 0.396. The van der Waals surface area contributed by atoms with Crippen molar-refractivity contribution in [1.82, 2.24) is 4.98 Å². The smallest absolute Gasteiger partial charge is 0.105 e. The van der Waals surface area contributed by atoms with Gasteiger partial charge in [-0.2, -0.15) is 0 Å². The summed E-state index contributed by atoms with van der Waals surface area (Å²) in [5, 5.41) is 2.70. The number of fused-ring (bicyclic) bond motifs is 3. The van der Waals surface area contributed by atoms with Gasteiger partial charge in [-0.05, 0) is 45.0 Å². The van der Waals surface area contributed by atoms with E-state index in [0.717, 1.165) is 5.69 Å². The molecule has 0 aliphatic heterocycles. The van der Waals surface area contributed by atoms with Gasteiger partial charge in [0.1, 0.15) is 15.7 Å². The van der Waals surface area contributed by atoms with E-state index >= 15 is 0 Å². The fourth-order valence-corrected chi connectivity index (χ4v) is 4.43. The summed E-state index contributed by atoms with van der Waals surface area (Å²) in [5.41, 5.74) is 9.08. The molecule has 1 nitrogen and oxygen atoms in total. The highest BCUT2D eigenvalue weighted by atomic mass is 14.7. The van der Waals surface area contributed by atoms with Crippen LogP contribution >= 0.6 is 0 Å². The van der Waals surface area contributed by atoms with Crippen LogP contribution < -0.4 is 0 Å². The van der Waals surface area contributed by atoms with Crippen LogP contribution in [-0.4, -0.2) is 20.7 Å². The van der Waals surface area contributed by atoms with Crippen LogP contribution in [0, 0.1) is 5.41 Å². The van der Waals surface area contributed by atoms with E-state index in [1.165, 1.54) is 44.2 Å². The first-order valence-electron chi connectivity index (χ1n) is 10.4. The van der Waals surface area contributed by atoms with Gasteiger partial charge in [0.15, 0.2) is 0 Å². The monoisotopic (exact) mass is 373 g/mol. The standard InChI is InChI=1S/C26H25B2N/c1-25(2,3)26(27,28)17-13-14-29-22(15-17)21-12-11-16-7-6-10-19-18-8-4-5-9-20(18)24(21)23(16)19/h4-15H,27-28H2,1-3H3. The van der Waals surface area contributed by atoms with Crippen molar-refractivity contribution in [3.63, 3.8) is 0 Å². The number of nitrogens with zero attached hydrogens (tertiary/aromatic N) is 1. The van der Waals surface area contributed by atoms with Crippen molar-refractivity contribution in [3.05, 3.63) is 78.5 Å². The molecule has 5 rings (SSSR count). The molecular weight excluding hydrogens is 348 g/mol. The molecule has 1 aliphatic carbocycles. The van der Waals surface area contributed by atoms with Crippen LogP contribution in [0.25, 0.3) is 44.3 Å². The zero-order chi connectivity index (χ0) is 20.4. The van der Waals surface area contributed by atoms with Gasteiger partial charge in [0.25, 0.3) is 0 Å². The van der Waals surface area contributed by atoms with Crippen molar-refractivity contribution in [1.29, 1.82) is 0 Å². The summed E-state index contributed by atoms with van der Waals surface area (Å²) in [6.45, 7) is 6.93. The SMILES string of the molecule is BC(B)(c1ccnc(-c2ccc3cccc4c3c2-c2ccccc2-4)c1)C(C)(C)C. The summed E-state index contributed by atoms with van der Waals surface area (Å²) in [6, 6.07) is 24.3. The number of benzene rings is 3. The molecule has 0 N–H and O–H groups in total. The molecule has 1 aliphatic rings. The molecule has 1 aromatic heterocycles. The lowest BCUT2D eigenvalue weighted by atomic mass is 9.41. The Balaban J connectivity index is 1.78. The number of pyridine rings is 1. The zero-order valence-corrected chi connectivity index (χ0v) is 17.9. The van der Waals surface area contributed by atoms with Gasteiger partial charge >= 0.3 is 0 Å². The predicted molar refractivity (Wildman–Crippen MR) is 130 cm³/mol. The highest BCUT2D eigenvalue weighted by Gasteiger charge is 2.34. The lowest BCUT2D eigenvalue weighted by Gasteiger charge is -2.40. The first-order chi connectivity index (χ1) is 13.8. The molecule has 0 fully saturated rings. The van der Waals surface area contributed by atoms with E-state index in [9.17, 15) is 0 Å². The van der Waals surface area contributed by atoms with E-state index in [2.05, 4.69) is 103 Å². The van der Waals surface area contributed by atoms with Crippen molar-refractivity contribution in [2.45, 2.75) is 26.0 Å². The fraction of sp³-hybridized carbons (Fsp3) is 0.192. The average molecular weight is 373 g/mol. The number of rotatable bonds is 2. The van der Waals surface area contributed by atoms with Crippen LogP contribution in [0.15, 0.2) is 72.9 Å². The lowest BCUT2D eigenvalue weighted by molar-refractivity contribution is 0.358. The van der Waals surface area contributed by atoms with E-state index in [1.807, 2.05) is 6.20 Å². The summed E-state index contributed by atoms with van der Waals surface area (Å²) >= 11 is 0. The van der Waals surface area contributed by atoms with Crippen LogP contribution in [0.1, 0.15) is 26.3 Å². The van der Waals surface area contributed by atoms with Crippen molar-refractivity contribution < 1.29 is 0 Å². The maximum atomic E-state index is 4.82. The molecule has 0 saturated heterocycles. The lowest BCUT2D eigenvalue weighted by Crippen LogP contribution is -2.41. The molecule has 0 saturated carbocycles. The van der Waals surface area contributed by atoms with E-state index in [4.69, 9.17) is 4.98 Å². The largest absolute Gasteiger partial charge is 0.256 e. The van der Waals surface area contributed by atoms with Crippen LogP contribution in [0.5, 0.6) is 0 Å². The van der Waals surface area contributed by atoms with Gasteiger partial charge in [0.2, 0.25) is 0 Å². The maximum absolute atomic E-state index is 4.82. The molecule has 3 aromatic carbocycles. The molecule has 140 valence electrons. The van der Waals surface area contributed by atoms with E-state index in [1.54, 1.807) is 0 Å². The first kappa shape index (κ1) is 18.2. The van der Waals surface area contributed by atoms with Crippen LogP contribution in [0.4, 0.5) is 0 Å². The Labute approximate surface area is 175 Å². The molecule has 0 bridgehead atoms. The predicted octanol–water partition coefficient (Wildman–Crippen LogP) is 5.01. The molecule has 4 aromatic rings. The van der Waals surface area contributed by atoms with Gasteiger partial charge < -0.3 is 0 Å². The molecule has 0 radical (unpaired) electrons. The van der Waals surface area contributed by atoms with E-state index in [-0.39, 0.29) is 10.6 Å². The Kier molecular flexibility index (Phi) is 3.84. The number of hydrogen-bond acceptors (Lipinski definition) is 1. The van der Waals surface area contributed by atoms with Gasteiger partial charge in [-0.15, -0.1) is 0 Å². The third-order valence-electron chi connectivity index (χ3n) is 7.16. The Morgan fingerprint density at radius 2 is 1.45 bits per heavy atom. The summed E-state index contributed by atoms with van der Waals surface area (Å²) < 4.78 is 0. The minimum Gasteiger partial charge on any atom is -0.256 e. The topological polar surface area (TPSA) is 12.9 Å². The third-order valence-corrected chi connectivity index (χ3v) is 7.16. The first-order valence-corrected chi connectivity index (χ1v) is 10.4. The molecule has 0 spiro atoms. The molecule has 0 amide bonds. The van der Waals surface area contributed by atoms with Gasteiger partial charge in [0, 0.05) is 17.3 Å². The summed E-state index contributed by atoms with van der Waals surface area (Å²) in [5.74, 6) is 0. The second-order valence-electron chi connectivity index (χ2n) is 9.74. The van der Waals surface area contributed by atoms with Gasteiger partial charge in [-0.25, -0.2) is 0 Å². The second-order valence-corrected chi connectivity index (χ2v) is 9.74. The van der Waals surface area contributed by atoms with Crippen molar-refractivity contribution >= 4 is 26.5 Å². The molecule has 3 heteroatoms. The van der Waals surface area contributed by atoms with Gasteiger partial charge in [-0.3, -0.25) is 4.98 Å². The molecule has 0 unspecified atom stereocenters. The molecule has 29 heavy (non-hydrogen) atoms. The van der Waals surface area contributed by atoms with E-state index in [0.29, 0.717) is 0 Å². The Morgan fingerprint density at radius 3 is 2.21 bits per heavy atom. The highest BCUT2D eigenvalue weighted by Crippen LogP contribution is 2.51. The molecular formula is C26H25B2N. The Hall–Kier alpha value is -2.80. The Bertz CT molecular complexity index is 1270.